The highest BCUT2D eigenvalue weighted by molar-refractivity contribution is 8.01. The molecule has 0 saturated carbocycles. The Bertz CT molecular complexity index is 1290. The first-order valence-corrected chi connectivity index (χ1v) is 12.3. The number of carboxylic acid groups (broad SMARTS) is 1. The number of amidine groups is 1. The van der Waals surface area contributed by atoms with Gasteiger partial charge in [-0.15, -0.1) is 23.1 Å². The van der Waals surface area contributed by atoms with E-state index in [0.717, 1.165) is 0 Å². The maximum atomic E-state index is 13.1. The van der Waals surface area contributed by atoms with Crippen LogP contribution in [0, 0.1) is 5.41 Å². The van der Waals surface area contributed by atoms with Crippen molar-refractivity contribution in [1.82, 2.24) is 0 Å². The molecule has 3 rings (SSSR count). The van der Waals surface area contributed by atoms with E-state index in [4.69, 9.17) is 21.0 Å². The van der Waals surface area contributed by atoms with E-state index >= 15 is 0 Å². The third-order valence-electron chi connectivity index (χ3n) is 4.01. The molecule has 0 spiro atoms. The van der Waals surface area contributed by atoms with Crippen molar-refractivity contribution in [1.29, 1.82) is 5.41 Å². The summed E-state index contributed by atoms with van der Waals surface area (Å²) in [4.78, 5) is 9.59. The molecule has 0 radical (unpaired) electrons. The highest BCUT2D eigenvalue weighted by atomic mass is 32.2. The number of thiophene rings is 1. The number of thioether (sulfide) groups is 1. The molecule has 1 heterocycles. The molecule has 176 valence electrons. The van der Waals surface area contributed by atoms with Crippen molar-refractivity contribution in [2.75, 3.05) is 6.26 Å². The highest BCUT2D eigenvalue weighted by Crippen LogP contribution is 2.38. The minimum absolute atomic E-state index is 0.0845. The van der Waals surface area contributed by atoms with Gasteiger partial charge in [-0.3, -0.25) is 5.41 Å². The number of aliphatic carboxylic acids is 1. The van der Waals surface area contributed by atoms with E-state index in [-0.39, 0.29) is 21.4 Å². The first-order valence-electron chi connectivity index (χ1n) is 8.75. The second kappa shape index (κ2) is 10.3. The quantitative estimate of drug-likeness (QED) is 0.220. The van der Waals surface area contributed by atoms with E-state index < -0.39 is 22.0 Å². The Hall–Kier alpha value is -3.03. The molecule has 0 amide bonds. The summed E-state index contributed by atoms with van der Waals surface area (Å²) in [5, 5.41) is 24.7. The van der Waals surface area contributed by atoms with E-state index in [1.54, 1.807) is 48.7 Å². The van der Waals surface area contributed by atoms with Crippen molar-refractivity contribution in [3.8, 4) is 16.9 Å². The van der Waals surface area contributed by atoms with Gasteiger partial charge < -0.3 is 15.9 Å². The number of phenolic OH excluding ortho intramolecular Hbond substituents is 1. The summed E-state index contributed by atoms with van der Waals surface area (Å²) in [7, 11) is -3.78. The molecule has 0 unspecified atom stereocenters. The molecule has 13 heteroatoms. The van der Waals surface area contributed by atoms with Crippen molar-refractivity contribution < 1.29 is 36.6 Å². The number of benzene rings is 2. The predicted octanol–water partition coefficient (Wildman–Crippen LogP) is 4.59. The standard InChI is InChI=1S/C18H16N2O3S3.C2HF3O2/c1-24-18-16(10-15(25-18)17(19)20)26(22,23)12-6-4-5-11(9-12)13-7-2-3-8-14(13)21;3-2(4,5)1(6)7/h2-10,21H,1H3,(H3,19,20);(H,6,7). The number of halogens is 3. The number of carbonyl (C=O) groups is 1. The Balaban J connectivity index is 0.000000479. The molecule has 0 bridgehead atoms. The zero-order chi connectivity index (χ0) is 25.0. The highest BCUT2D eigenvalue weighted by Gasteiger charge is 2.38. The van der Waals surface area contributed by atoms with E-state index in [1.807, 2.05) is 0 Å². The number of rotatable bonds is 5. The largest absolute Gasteiger partial charge is 0.507 e. The molecule has 0 aliphatic carbocycles. The van der Waals surface area contributed by atoms with Gasteiger partial charge in [0, 0.05) is 5.56 Å². The van der Waals surface area contributed by atoms with Crippen LogP contribution in [0.2, 0.25) is 0 Å². The third-order valence-corrected chi connectivity index (χ3v) is 8.35. The summed E-state index contributed by atoms with van der Waals surface area (Å²) in [6.07, 6.45) is -3.30. The van der Waals surface area contributed by atoms with Gasteiger partial charge in [0.15, 0.2) is 0 Å². The lowest BCUT2D eigenvalue weighted by Gasteiger charge is -2.08. The van der Waals surface area contributed by atoms with Gasteiger partial charge in [-0.25, -0.2) is 13.2 Å². The smallest absolute Gasteiger partial charge is 0.490 e. The second-order valence-corrected chi connectivity index (χ2v) is 10.3. The monoisotopic (exact) mass is 518 g/mol. The number of alkyl halides is 3. The summed E-state index contributed by atoms with van der Waals surface area (Å²) < 4.78 is 58.6. The molecular weight excluding hydrogens is 501 g/mol. The molecule has 0 aliphatic rings. The van der Waals surface area contributed by atoms with Crippen molar-refractivity contribution in [2.24, 2.45) is 5.73 Å². The molecule has 0 saturated heterocycles. The van der Waals surface area contributed by atoms with Crippen LogP contribution in [-0.4, -0.2) is 42.9 Å². The van der Waals surface area contributed by atoms with Gasteiger partial charge in [0.2, 0.25) is 9.84 Å². The topological polar surface area (TPSA) is 142 Å². The summed E-state index contributed by atoms with van der Waals surface area (Å²) in [5.74, 6) is -2.83. The SMILES string of the molecule is CSc1sc(C(=N)N)cc1S(=O)(=O)c1cccc(-c2ccccc2O)c1.O=C(O)C(F)(F)F. The molecule has 3 aromatic rings. The van der Waals surface area contributed by atoms with E-state index in [9.17, 15) is 26.7 Å². The number of phenols is 1. The fourth-order valence-electron chi connectivity index (χ4n) is 2.50. The minimum atomic E-state index is -5.08. The van der Waals surface area contributed by atoms with Crippen LogP contribution in [0.4, 0.5) is 13.2 Å². The van der Waals surface area contributed by atoms with Crippen molar-refractivity contribution in [2.45, 2.75) is 20.2 Å². The summed E-state index contributed by atoms with van der Waals surface area (Å²) in [6.45, 7) is 0. The van der Waals surface area contributed by atoms with Gasteiger partial charge in [0.05, 0.1) is 18.9 Å². The van der Waals surface area contributed by atoms with Gasteiger partial charge in [0.1, 0.15) is 11.6 Å². The average Bonchev–Trinajstić information content (AvgIpc) is 3.20. The number of aromatic hydroxyl groups is 1. The Morgan fingerprint density at radius 3 is 2.24 bits per heavy atom. The van der Waals surface area contributed by atoms with Gasteiger partial charge in [-0.2, -0.15) is 13.2 Å². The maximum absolute atomic E-state index is 13.1. The Morgan fingerprint density at radius 1 is 1.12 bits per heavy atom. The first-order chi connectivity index (χ1) is 15.3. The fraction of sp³-hybridized carbons (Fsp3) is 0.100. The number of hydrogen-bond donors (Lipinski definition) is 4. The predicted molar refractivity (Wildman–Crippen MR) is 120 cm³/mol. The van der Waals surface area contributed by atoms with E-state index in [1.165, 1.54) is 35.2 Å². The van der Waals surface area contributed by atoms with Crippen LogP contribution in [0.15, 0.2) is 68.6 Å². The Kier molecular flexibility index (Phi) is 8.16. The zero-order valence-electron chi connectivity index (χ0n) is 16.8. The van der Waals surface area contributed by atoms with Crippen LogP contribution in [0.25, 0.3) is 11.1 Å². The number of nitrogens with one attached hydrogen (secondary N) is 1. The third kappa shape index (κ3) is 6.27. The first kappa shape index (κ1) is 26.2. The van der Waals surface area contributed by atoms with Gasteiger partial charge in [-0.1, -0.05) is 30.3 Å². The zero-order valence-corrected chi connectivity index (χ0v) is 19.2. The molecule has 0 fully saturated rings. The van der Waals surface area contributed by atoms with Crippen molar-refractivity contribution in [3.63, 3.8) is 0 Å². The van der Waals surface area contributed by atoms with E-state index in [0.29, 0.717) is 20.2 Å². The number of sulfone groups is 1. The molecule has 2 aromatic carbocycles. The summed E-state index contributed by atoms with van der Waals surface area (Å²) in [5.41, 5.74) is 6.68. The van der Waals surface area contributed by atoms with Gasteiger partial charge in [-0.05, 0) is 36.1 Å². The number of carboxylic acids is 1. The molecule has 33 heavy (non-hydrogen) atoms. The Morgan fingerprint density at radius 2 is 1.73 bits per heavy atom. The van der Waals surface area contributed by atoms with Crippen LogP contribution < -0.4 is 5.73 Å². The van der Waals surface area contributed by atoms with Crippen LogP contribution in [-0.2, 0) is 14.6 Å². The van der Waals surface area contributed by atoms with E-state index in [2.05, 4.69) is 0 Å². The van der Waals surface area contributed by atoms with Crippen LogP contribution in [0.3, 0.4) is 0 Å². The average molecular weight is 519 g/mol. The molecule has 0 atom stereocenters. The van der Waals surface area contributed by atoms with Crippen molar-refractivity contribution >= 4 is 44.7 Å². The molecule has 5 N–H and O–H groups in total. The van der Waals surface area contributed by atoms with Crippen LogP contribution in [0.5, 0.6) is 5.75 Å². The lowest BCUT2D eigenvalue weighted by atomic mass is 10.1. The summed E-state index contributed by atoms with van der Waals surface area (Å²) >= 11 is 2.49. The number of hydrogen-bond acceptors (Lipinski definition) is 7. The lowest BCUT2D eigenvalue weighted by molar-refractivity contribution is -0.192. The number of nitrogens with two attached hydrogens (primary N) is 1. The molecular formula is C20H17F3N2O5S3. The molecule has 1 aromatic heterocycles. The second-order valence-electron chi connectivity index (χ2n) is 6.23. The normalized spacial score (nSPS) is 11.4. The number of para-hydroxylation sites is 1. The van der Waals surface area contributed by atoms with Crippen LogP contribution >= 0.6 is 23.1 Å². The summed E-state index contributed by atoms with van der Waals surface area (Å²) in [6, 6.07) is 14.7. The fourth-order valence-corrected chi connectivity index (χ4v) is 6.40. The molecule has 7 nitrogen and oxygen atoms in total. The van der Waals surface area contributed by atoms with Crippen molar-refractivity contribution in [3.05, 3.63) is 59.5 Å². The van der Waals surface area contributed by atoms with Crippen LogP contribution in [0.1, 0.15) is 4.88 Å². The van der Waals surface area contributed by atoms with Gasteiger partial charge in [0.25, 0.3) is 0 Å². The lowest BCUT2D eigenvalue weighted by Crippen LogP contribution is -2.21. The number of nitrogen functional groups attached to an aromatic ring is 1. The minimum Gasteiger partial charge on any atom is -0.507 e. The van der Waals surface area contributed by atoms with Gasteiger partial charge >= 0.3 is 12.1 Å². The molecule has 0 aliphatic heterocycles. The Labute approximate surface area is 195 Å². The maximum Gasteiger partial charge on any atom is 0.490 e.